The van der Waals surface area contributed by atoms with Crippen LogP contribution in [0.25, 0.3) is 0 Å². The normalized spacial score (nSPS) is 18.0. The molecule has 2 amide bonds. The molecule has 0 atom stereocenters. The number of carbonyl (C=O) groups excluding carboxylic acids is 2. The number of pyridine rings is 1. The smallest absolute Gasteiger partial charge is 0.266 e. The van der Waals surface area contributed by atoms with E-state index in [1.807, 2.05) is 0 Å². The van der Waals surface area contributed by atoms with E-state index >= 15 is 0 Å². The van der Waals surface area contributed by atoms with Gasteiger partial charge in [-0.1, -0.05) is 0 Å². The molecule has 6 heteroatoms. The number of hydrogen-bond acceptors (Lipinski definition) is 4. The summed E-state index contributed by atoms with van der Waals surface area (Å²) in [6.07, 6.45) is 3.63. The number of nitrogens with zero attached hydrogens (tertiary/aromatic N) is 2. The maximum absolute atomic E-state index is 11.8. The average molecular weight is 247 g/mol. The Bertz CT molecular complexity index is 499. The maximum Gasteiger partial charge on any atom is 0.266 e. The van der Waals surface area contributed by atoms with Gasteiger partial charge in [-0.05, 0) is 25.0 Å². The lowest BCUT2D eigenvalue weighted by molar-refractivity contribution is -0.125. The van der Waals surface area contributed by atoms with Crippen LogP contribution in [0, 0.1) is 0 Å². The van der Waals surface area contributed by atoms with E-state index in [0.29, 0.717) is 11.6 Å². The van der Waals surface area contributed by atoms with Crippen molar-refractivity contribution in [3.05, 3.63) is 18.3 Å². The first kappa shape index (κ1) is 11.0. The Kier molecular flexibility index (Phi) is 2.62. The summed E-state index contributed by atoms with van der Waals surface area (Å²) < 4.78 is 5.26. The summed E-state index contributed by atoms with van der Waals surface area (Å²) in [6.45, 7) is -0.0435. The van der Waals surface area contributed by atoms with Crippen LogP contribution in [0.3, 0.4) is 0 Å². The first-order valence-corrected chi connectivity index (χ1v) is 5.91. The highest BCUT2D eigenvalue weighted by Crippen LogP contribution is 2.28. The predicted molar refractivity (Wildman–Crippen MR) is 63.2 cm³/mol. The Morgan fingerprint density at radius 1 is 1.56 bits per heavy atom. The molecule has 1 saturated carbocycles. The molecule has 1 fully saturated rings. The van der Waals surface area contributed by atoms with Gasteiger partial charge in [0.15, 0.2) is 18.2 Å². The Balaban J connectivity index is 1.77. The summed E-state index contributed by atoms with van der Waals surface area (Å²) in [6, 6.07) is 3.76. The largest absolute Gasteiger partial charge is 0.480 e. The highest BCUT2D eigenvalue weighted by Gasteiger charge is 2.30. The Hall–Kier alpha value is -2.11. The van der Waals surface area contributed by atoms with Crippen LogP contribution in [0.1, 0.15) is 12.8 Å². The zero-order valence-corrected chi connectivity index (χ0v) is 9.76. The maximum atomic E-state index is 11.8. The van der Waals surface area contributed by atoms with Gasteiger partial charge in [0.25, 0.3) is 5.91 Å². The second kappa shape index (κ2) is 4.29. The fraction of sp³-hybridized carbons (Fsp3) is 0.417. The molecule has 1 aromatic rings. The minimum Gasteiger partial charge on any atom is -0.480 e. The van der Waals surface area contributed by atoms with Gasteiger partial charge in [0.2, 0.25) is 5.91 Å². The third-order valence-corrected chi connectivity index (χ3v) is 2.90. The number of anilines is 1. The number of aromatic nitrogens is 1. The monoisotopic (exact) mass is 247 g/mol. The molecule has 0 unspecified atom stereocenters. The highest BCUT2D eigenvalue weighted by molar-refractivity contribution is 6.01. The Morgan fingerprint density at radius 3 is 3.17 bits per heavy atom. The quantitative estimate of drug-likeness (QED) is 0.821. The molecule has 2 aliphatic rings. The molecular weight excluding hydrogens is 234 g/mol. The number of rotatable bonds is 3. The molecule has 1 aromatic heterocycles. The van der Waals surface area contributed by atoms with E-state index in [4.69, 9.17) is 4.74 Å². The molecule has 94 valence electrons. The number of fused-ring (bicyclic) bond motifs is 1. The molecule has 0 spiro atoms. The van der Waals surface area contributed by atoms with E-state index in [9.17, 15) is 9.59 Å². The molecule has 0 bridgehead atoms. The van der Waals surface area contributed by atoms with Gasteiger partial charge in [-0.25, -0.2) is 4.98 Å². The van der Waals surface area contributed by atoms with E-state index in [-0.39, 0.29) is 31.0 Å². The number of nitrogens with one attached hydrogen (secondary N) is 1. The molecular formula is C12H13N3O3. The topological polar surface area (TPSA) is 71.5 Å². The van der Waals surface area contributed by atoms with Crippen LogP contribution in [0.2, 0.25) is 0 Å². The number of hydrogen-bond donors (Lipinski definition) is 1. The molecule has 6 nitrogen and oxygen atoms in total. The first-order valence-electron chi connectivity index (χ1n) is 5.91. The number of ether oxygens (including phenoxy) is 1. The lowest BCUT2D eigenvalue weighted by atomic mass is 10.3. The second-order valence-corrected chi connectivity index (χ2v) is 4.44. The fourth-order valence-corrected chi connectivity index (χ4v) is 1.84. The van der Waals surface area contributed by atoms with Crippen molar-refractivity contribution >= 4 is 17.6 Å². The van der Waals surface area contributed by atoms with E-state index in [1.165, 1.54) is 4.90 Å². The van der Waals surface area contributed by atoms with Crippen molar-refractivity contribution in [1.29, 1.82) is 0 Å². The van der Waals surface area contributed by atoms with Crippen molar-refractivity contribution in [3.63, 3.8) is 0 Å². The van der Waals surface area contributed by atoms with E-state index < -0.39 is 0 Å². The summed E-state index contributed by atoms with van der Waals surface area (Å²) >= 11 is 0. The lowest BCUT2D eigenvalue weighted by Crippen LogP contribution is -2.46. The van der Waals surface area contributed by atoms with Crippen LogP contribution in [-0.4, -0.2) is 36.0 Å². The first-order chi connectivity index (χ1) is 8.74. The molecule has 1 aliphatic carbocycles. The fourth-order valence-electron chi connectivity index (χ4n) is 1.84. The van der Waals surface area contributed by atoms with Crippen molar-refractivity contribution in [2.45, 2.75) is 18.9 Å². The van der Waals surface area contributed by atoms with Crippen LogP contribution in [0.4, 0.5) is 5.82 Å². The average Bonchev–Trinajstić information content (AvgIpc) is 3.17. The van der Waals surface area contributed by atoms with Crippen LogP contribution in [0.5, 0.6) is 5.75 Å². The minimum absolute atomic E-state index is 0.00269. The zero-order valence-electron chi connectivity index (χ0n) is 9.76. The Labute approximate surface area is 104 Å². The van der Waals surface area contributed by atoms with Crippen molar-refractivity contribution in [3.8, 4) is 5.75 Å². The standard InChI is InChI=1S/C12H13N3O3/c16-10(14-8-3-4-8)6-15-11(17)7-18-9-2-1-5-13-12(9)15/h1-2,5,8H,3-4,6-7H2,(H,14,16). The summed E-state index contributed by atoms with van der Waals surface area (Å²) in [5, 5.41) is 2.85. The van der Waals surface area contributed by atoms with Crippen LogP contribution >= 0.6 is 0 Å². The van der Waals surface area contributed by atoms with Gasteiger partial charge in [-0.15, -0.1) is 0 Å². The van der Waals surface area contributed by atoms with Crippen LogP contribution in [0.15, 0.2) is 18.3 Å². The van der Waals surface area contributed by atoms with E-state index in [1.54, 1.807) is 18.3 Å². The SMILES string of the molecule is O=C(CN1C(=O)COc2cccnc21)NC1CC1. The van der Waals surface area contributed by atoms with Gasteiger partial charge in [0.1, 0.15) is 6.54 Å². The molecule has 0 saturated heterocycles. The van der Waals surface area contributed by atoms with E-state index in [0.717, 1.165) is 12.8 Å². The highest BCUT2D eigenvalue weighted by atomic mass is 16.5. The molecule has 0 aromatic carbocycles. The van der Waals surface area contributed by atoms with Crippen molar-refractivity contribution in [1.82, 2.24) is 10.3 Å². The summed E-state index contributed by atoms with van der Waals surface area (Å²) in [4.78, 5) is 29.0. The molecule has 0 radical (unpaired) electrons. The Morgan fingerprint density at radius 2 is 2.39 bits per heavy atom. The second-order valence-electron chi connectivity index (χ2n) is 4.44. The zero-order chi connectivity index (χ0) is 12.5. The molecule has 1 N–H and O–H groups in total. The third-order valence-electron chi connectivity index (χ3n) is 2.90. The lowest BCUT2D eigenvalue weighted by Gasteiger charge is -2.27. The predicted octanol–water partition coefficient (Wildman–Crippen LogP) is 0.0856. The third kappa shape index (κ3) is 2.13. The minimum atomic E-state index is -0.243. The van der Waals surface area contributed by atoms with Gasteiger partial charge < -0.3 is 10.1 Å². The van der Waals surface area contributed by atoms with E-state index in [2.05, 4.69) is 10.3 Å². The summed E-state index contributed by atoms with van der Waals surface area (Å²) in [7, 11) is 0. The van der Waals surface area contributed by atoms with Gasteiger partial charge in [-0.3, -0.25) is 14.5 Å². The number of amides is 2. The molecule has 2 heterocycles. The number of carbonyl (C=O) groups is 2. The van der Waals surface area contributed by atoms with Crippen LogP contribution < -0.4 is 15.0 Å². The molecule has 3 rings (SSSR count). The van der Waals surface area contributed by atoms with Crippen molar-refractivity contribution < 1.29 is 14.3 Å². The summed E-state index contributed by atoms with van der Waals surface area (Å²) in [5.74, 6) is 0.563. The van der Waals surface area contributed by atoms with Crippen molar-refractivity contribution in [2.24, 2.45) is 0 Å². The van der Waals surface area contributed by atoms with Gasteiger partial charge in [0.05, 0.1) is 0 Å². The van der Waals surface area contributed by atoms with Gasteiger partial charge in [-0.2, -0.15) is 0 Å². The molecule has 18 heavy (non-hydrogen) atoms. The molecule has 1 aliphatic heterocycles. The van der Waals surface area contributed by atoms with Gasteiger partial charge in [0, 0.05) is 12.2 Å². The summed E-state index contributed by atoms with van der Waals surface area (Å²) in [5.41, 5.74) is 0. The van der Waals surface area contributed by atoms with Gasteiger partial charge >= 0.3 is 0 Å². The van der Waals surface area contributed by atoms with Crippen molar-refractivity contribution in [2.75, 3.05) is 18.1 Å². The van der Waals surface area contributed by atoms with Crippen LogP contribution in [-0.2, 0) is 9.59 Å².